The number of halogens is 4. The molecule has 1 fully saturated rings. The van der Waals surface area contributed by atoms with Crippen molar-refractivity contribution in [1.82, 2.24) is 4.90 Å². The van der Waals surface area contributed by atoms with E-state index in [0.717, 1.165) is 5.56 Å². The fourth-order valence-corrected chi connectivity index (χ4v) is 3.40. The van der Waals surface area contributed by atoms with Crippen molar-refractivity contribution >= 4 is 29.0 Å². The third kappa shape index (κ3) is 4.60. The number of rotatable bonds is 5. The molecule has 27 heavy (non-hydrogen) atoms. The average molecular weight is 393 g/mol. The summed E-state index contributed by atoms with van der Waals surface area (Å²) in [5.41, 5.74) is 3.02. The van der Waals surface area contributed by atoms with Gasteiger partial charge in [0, 0.05) is 48.6 Å². The summed E-state index contributed by atoms with van der Waals surface area (Å²) >= 11 is 6.01. The first kappa shape index (κ1) is 19.6. The number of hydrogen-bond acceptors (Lipinski definition) is 2. The minimum atomic E-state index is -2.58. The average Bonchev–Trinajstić information content (AvgIpc) is 2.63. The second-order valence-corrected chi connectivity index (χ2v) is 7.20. The van der Waals surface area contributed by atoms with E-state index in [9.17, 15) is 13.2 Å². The van der Waals surface area contributed by atoms with Gasteiger partial charge in [-0.2, -0.15) is 0 Å². The molecule has 1 aliphatic heterocycles. The number of nitrogens with zero attached hydrogens (tertiary/aromatic N) is 2. The normalized spacial score (nSPS) is 16.9. The molecule has 0 N–H and O–H groups in total. The summed E-state index contributed by atoms with van der Waals surface area (Å²) in [6, 6.07) is 10.2. The van der Waals surface area contributed by atoms with E-state index < -0.39 is 5.92 Å². The second kappa shape index (κ2) is 7.87. The smallest absolute Gasteiger partial charge is 0.250 e. The molecule has 0 bridgehead atoms. The first-order valence-electron chi connectivity index (χ1n) is 8.63. The van der Waals surface area contributed by atoms with Gasteiger partial charge in [0.1, 0.15) is 5.82 Å². The Morgan fingerprint density at radius 3 is 2.44 bits per heavy atom. The third-order valence-corrected chi connectivity index (χ3v) is 5.00. The standard InChI is InChI=1S/C21H20ClF3N2/c1-14(22)18-12-16(4-6-20(18)26-2)17-5-3-15(11-19(17)23)13-27-9-7-21(24,25)8-10-27/h3-6,11-12H,1-2,7-10,13H2. The summed E-state index contributed by atoms with van der Waals surface area (Å²) in [5, 5.41) is 0.304. The molecule has 0 saturated carbocycles. The van der Waals surface area contributed by atoms with Crippen molar-refractivity contribution < 1.29 is 13.2 Å². The largest absolute Gasteiger partial charge is 0.299 e. The molecule has 0 unspecified atom stereocenters. The van der Waals surface area contributed by atoms with Crippen LogP contribution in [0.25, 0.3) is 16.2 Å². The van der Waals surface area contributed by atoms with Gasteiger partial charge in [0.2, 0.25) is 0 Å². The summed E-state index contributed by atoms with van der Waals surface area (Å²) < 4.78 is 41.2. The van der Waals surface area contributed by atoms with Crippen molar-refractivity contribution in [2.75, 3.05) is 13.1 Å². The van der Waals surface area contributed by atoms with Crippen molar-refractivity contribution in [3.63, 3.8) is 0 Å². The van der Waals surface area contributed by atoms with Crippen molar-refractivity contribution in [3.8, 4) is 11.1 Å². The Hall–Kier alpha value is -2.11. The van der Waals surface area contributed by atoms with Gasteiger partial charge in [-0.3, -0.25) is 9.89 Å². The van der Waals surface area contributed by atoms with E-state index in [2.05, 4.69) is 18.3 Å². The van der Waals surface area contributed by atoms with Crippen LogP contribution in [0.15, 0.2) is 48.0 Å². The lowest BCUT2D eigenvalue weighted by molar-refractivity contribution is -0.0566. The number of benzene rings is 2. The molecule has 0 aliphatic carbocycles. The first-order valence-corrected chi connectivity index (χ1v) is 9.01. The molecule has 1 saturated heterocycles. The van der Waals surface area contributed by atoms with Crippen LogP contribution in [0.3, 0.4) is 0 Å². The number of hydrogen-bond donors (Lipinski definition) is 0. The van der Waals surface area contributed by atoms with Crippen molar-refractivity contribution in [3.05, 3.63) is 59.9 Å². The van der Waals surface area contributed by atoms with Crippen LogP contribution in [0.2, 0.25) is 0 Å². The van der Waals surface area contributed by atoms with E-state index in [1.54, 1.807) is 24.3 Å². The van der Waals surface area contributed by atoms with Crippen molar-refractivity contribution in [2.24, 2.45) is 4.99 Å². The number of piperidine rings is 1. The third-order valence-electron chi connectivity index (χ3n) is 4.80. The molecule has 0 amide bonds. The van der Waals surface area contributed by atoms with E-state index in [1.165, 1.54) is 6.07 Å². The molecule has 2 aromatic rings. The monoisotopic (exact) mass is 392 g/mol. The first-order chi connectivity index (χ1) is 12.8. The van der Waals surface area contributed by atoms with E-state index in [1.807, 2.05) is 11.0 Å². The van der Waals surface area contributed by atoms with Crippen LogP contribution in [-0.4, -0.2) is 30.6 Å². The summed E-state index contributed by atoms with van der Waals surface area (Å²) in [5.74, 6) is -2.96. The maximum Gasteiger partial charge on any atom is 0.250 e. The lowest BCUT2D eigenvalue weighted by atomic mass is 9.99. The Balaban J connectivity index is 1.80. The van der Waals surface area contributed by atoms with Crippen LogP contribution >= 0.6 is 11.6 Å². The molecule has 2 nitrogen and oxygen atoms in total. The Kier molecular flexibility index (Phi) is 5.72. The Morgan fingerprint density at radius 1 is 1.15 bits per heavy atom. The molecule has 0 atom stereocenters. The van der Waals surface area contributed by atoms with Gasteiger partial charge in [-0.05, 0) is 36.0 Å². The highest BCUT2D eigenvalue weighted by Crippen LogP contribution is 2.34. The van der Waals surface area contributed by atoms with Crippen LogP contribution in [0.4, 0.5) is 18.9 Å². The molecule has 3 rings (SSSR count). The Labute approximate surface area is 162 Å². The van der Waals surface area contributed by atoms with Crippen LogP contribution in [0.1, 0.15) is 24.0 Å². The second-order valence-electron chi connectivity index (χ2n) is 6.74. The van der Waals surface area contributed by atoms with Gasteiger partial charge in [-0.1, -0.05) is 36.4 Å². The summed E-state index contributed by atoms with van der Waals surface area (Å²) in [6.07, 6.45) is -0.301. The topological polar surface area (TPSA) is 15.6 Å². The molecule has 0 aromatic heterocycles. The molecule has 6 heteroatoms. The predicted octanol–water partition coefficient (Wildman–Crippen LogP) is 6.27. The van der Waals surface area contributed by atoms with Gasteiger partial charge in [-0.15, -0.1) is 0 Å². The fourth-order valence-electron chi connectivity index (χ4n) is 3.25. The molecular weight excluding hydrogens is 373 g/mol. The highest BCUT2D eigenvalue weighted by atomic mass is 35.5. The van der Waals surface area contributed by atoms with Gasteiger partial charge < -0.3 is 0 Å². The zero-order valence-corrected chi connectivity index (χ0v) is 15.6. The van der Waals surface area contributed by atoms with Crippen LogP contribution in [-0.2, 0) is 6.54 Å². The van der Waals surface area contributed by atoms with Crippen molar-refractivity contribution in [1.29, 1.82) is 0 Å². The Morgan fingerprint density at radius 2 is 1.85 bits per heavy atom. The SMILES string of the molecule is C=Nc1ccc(-c2ccc(CN3CCC(F)(F)CC3)cc2F)cc1C(=C)Cl. The maximum atomic E-state index is 14.7. The summed E-state index contributed by atoms with van der Waals surface area (Å²) in [6.45, 7) is 8.28. The fraction of sp³-hybridized carbons (Fsp3) is 0.286. The molecular formula is C21H20ClF3N2. The maximum absolute atomic E-state index is 14.7. The van der Waals surface area contributed by atoms with E-state index in [0.29, 0.717) is 47.0 Å². The highest BCUT2D eigenvalue weighted by Gasteiger charge is 2.33. The minimum Gasteiger partial charge on any atom is -0.299 e. The molecule has 1 aliphatic rings. The van der Waals surface area contributed by atoms with Crippen LogP contribution < -0.4 is 0 Å². The van der Waals surface area contributed by atoms with Crippen LogP contribution in [0.5, 0.6) is 0 Å². The van der Waals surface area contributed by atoms with Crippen LogP contribution in [0, 0.1) is 5.82 Å². The lowest BCUT2D eigenvalue weighted by Gasteiger charge is -2.31. The number of likely N-dealkylation sites (tertiary alicyclic amines) is 1. The number of aliphatic imine (C=N–C) groups is 1. The van der Waals surface area contributed by atoms with Gasteiger partial charge in [0.15, 0.2) is 0 Å². The zero-order valence-electron chi connectivity index (χ0n) is 14.8. The van der Waals surface area contributed by atoms with Crippen molar-refractivity contribution in [2.45, 2.75) is 25.3 Å². The predicted molar refractivity (Wildman–Crippen MR) is 105 cm³/mol. The minimum absolute atomic E-state index is 0.150. The van der Waals surface area contributed by atoms with E-state index in [4.69, 9.17) is 11.6 Å². The van der Waals surface area contributed by atoms with Gasteiger partial charge >= 0.3 is 0 Å². The summed E-state index contributed by atoms with van der Waals surface area (Å²) in [4.78, 5) is 5.81. The summed E-state index contributed by atoms with van der Waals surface area (Å²) in [7, 11) is 0. The quantitative estimate of drug-likeness (QED) is 0.548. The highest BCUT2D eigenvalue weighted by molar-refractivity contribution is 6.48. The number of alkyl halides is 2. The Bertz CT molecular complexity index is 870. The molecule has 2 aromatic carbocycles. The van der Waals surface area contributed by atoms with E-state index in [-0.39, 0.29) is 18.7 Å². The lowest BCUT2D eigenvalue weighted by Crippen LogP contribution is -2.38. The van der Waals surface area contributed by atoms with Gasteiger partial charge in [0.25, 0.3) is 5.92 Å². The van der Waals surface area contributed by atoms with Gasteiger partial charge in [-0.25, -0.2) is 13.2 Å². The van der Waals surface area contributed by atoms with Gasteiger partial charge in [0.05, 0.1) is 5.69 Å². The molecule has 0 radical (unpaired) electrons. The molecule has 1 heterocycles. The molecule has 142 valence electrons. The zero-order chi connectivity index (χ0) is 19.6. The molecule has 0 spiro atoms. The van der Waals surface area contributed by atoms with E-state index >= 15 is 0 Å².